The van der Waals surface area contributed by atoms with E-state index < -0.39 is 5.60 Å². The van der Waals surface area contributed by atoms with E-state index in [1.807, 2.05) is 25.1 Å². The summed E-state index contributed by atoms with van der Waals surface area (Å²) in [5.74, 6) is 0.0584. The lowest BCUT2D eigenvalue weighted by Crippen LogP contribution is -2.43. The van der Waals surface area contributed by atoms with Crippen molar-refractivity contribution >= 4 is 5.91 Å². The van der Waals surface area contributed by atoms with Crippen LogP contribution in [-0.2, 0) is 12.8 Å². The van der Waals surface area contributed by atoms with Crippen LogP contribution in [0.1, 0.15) is 40.7 Å². The standard InChI is InChI=1S/C18H26N2O2/c1-19(2)12-18(22)9-10-20(13-18)17(21)16-8-7-14-5-3-4-6-15(14)11-16/h7-8,11,22H,3-6,9-10,12-13H2,1-2H3/t18-/m0/s1. The zero-order chi connectivity index (χ0) is 15.7. The molecule has 0 aromatic heterocycles. The molecular weight excluding hydrogens is 276 g/mol. The quantitative estimate of drug-likeness (QED) is 0.924. The molecule has 1 amide bonds. The first-order valence-electron chi connectivity index (χ1n) is 8.25. The van der Waals surface area contributed by atoms with Crippen molar-refractivity contribution in [2.24, 2.45) is 0 Å². The van der Waals surface area contributed by atoms with Crippen LogP contribution in [0.3, 0.4) is 0 Å². The van der Waals surface area contributed by atoms with Crippen molar-refractivity contribution in [2.45, 2.75) is 37.7 Å². The Kier molecular flexibility index (Phi) is 4.24. The highest BCUT2D eigenvalue weighted by atomic mass is 16.3. The number of likely N-dealkylation sites (N-methyl/N-ethyl adjacent to an activating group) is 1. The number of aliphatic hydroxyl groups is 1. The first-order valence-corrected chi connectivity index (χ1v) is 8.25. The smallest absolute Gasteiger partial charge is 0.253 e. The van der Waals surface area contributed by atoms with E-state index in [0.717, 1.165) is 18.4 Å². The molecular formula is C18H26N2O2. The maximum absolute atomic E-state index is 12.7. The summed E-state index contributed by atoms with van der Waals surface area (Å²) in [6, 6.07) is 6.14. The van der Waals surface area contributed by atoms with Crippen LogP contribution in [0.5, 0.6) is 0 Å². The van der Waals surface area contributed by atoms with Crippen LogP contribution in [0, 0.1) is 0 Å². The summed E-state index contributed by atoms with van der Waals surface area (Å²) in [4.78, 5) is 16.5. The molecule has 1 atom stereocenters. The van der Waals surface area contributed by atoms with Gasteiger partial charge in [0.1, 0.15) is 0 Å². The van der Waals surface area contributed by atoms with Gasteiger partial charge in [-0.15, -0.1) is 0 Å². The van der Waals surface area contributed by atoms with Gasteiger partial charge in [0, 0.05) is 18.7 Å². The fourth-order valence-corrected chi connectivity index (χ4v) is 3.80. The van der Waals surface area contributed by atoms with Crippen molar-refractivity contribution in [3.05, 3.63) is 34.9 Å². The monoisotopic (exact) mass is 302 g/mol. The van der Waals surface area contributed by atoms with Gasteiger partial charge in [0.2, 0.25) is 0 Å². The first-order chi connectivity index (χ1) is 10.5. The summed E-state index contributed by atoms with van der Waals surface area (Å²) in [7, 11) is 3.90. The third-order valence-corrected chi connectivity index (χ3v) is 4.83. The number of carbonyl (C=O) groups is 1. The van der Waals surface area contributed by atoms with Crippen LogP contribution < -0.4 is 0 Å². The number of aryl methyl sites for hydroxylation is 2. The molecule has 1 aromatic rings. The van der Waals surface area contributed by atoms with Crippen LogP contribution in [0.4, 0.5) is 0 Å². The predicted octanol–water partition coefficient (Wildman–Crippen LogP) is 1.70. The Hall–Kier alpha value is -1.39. The molecule has 0 saturated carbocycles. The maximum atomic E-state index is 12.7. The summed E-state index contributed by atoms with van der Waals surface area (Å²) in [6.45, 7) is 1.67. The van der Waals surface area contributed by atoms with Gasteiger partial charge in [-0.3, -0.25) is 4.79 Å². The molecule has 1 saturated heterocycles. The van der Waals surface area contributed by atoms with Crippen molar-refractivity contribution < 1.29 is 9.90 Å². The van der Waals surface area contributed by atoms with Gasteiger partial charge >= 0.3 is 0 Å². The number of hydrogen-bond donors (Lipinski definition) is 1. The fourth-order valence-electron chi connectivity index (χ4n) is 3.80. The molecule has 0 unspecified atom stereocenters. The van der Waals surface area contributed by atoms with Gasteiger partial charge in [-0.05, 0) is 69.5 Å². The number of β-amino-alcohol motifs (C(OH)–C–C–N with tert-alkyl or cyclic N) is 1. The third-order valence-electron chi connectivity index (χ3n) is 4.83. The van der Waals surface area contributed by atoms with Crippen LogP contribution in [-0.4, -0.2) is 60.1 Å². The summed E-state index contributed by atoms with van der Waals surface area (Å²) in [5, 5.41) is 10.6. The molecule has 3 rings (SSSR count). The van der Waals surface area contributed by atoms with Crippen molar-refractivity contribution in [3.8, 4) is 0 Å². The van der Waals surface area contributed by atoms with E-state index in [1.54, 1.807) is 4.90 Å². The summed E-state index contributed by atoms with van der Waals surface area (Å²) >= 11 is 0. The second kappa shape index (κ2) is 6.01. The lowest BCUT2D eigenvalue weighted by atomic mass is 9.90. The average molecular weight is 302 g/mol. The minimum atomic E-state index is -0.770. The molecule has 0 bridgehead atoms. The van der Waals surface area contributed by atoms with E-state index in [2.05, 4.69) is 12.1 Å². The van der Waals surface area contributed by atoms with Crippen molar-refractivity contribution in [1.82, 2.24) is 9.80 Å². The molecule has 1 aromatic carbocycles. The van der Waals surface area contributed by atoms with Gasteiger partial charge in [-0.1, -0.05) is 6.07 Å². The van der Waals surface area contributed by atoms with Crippen LogP contribution in [0.25, 0.3) is 0 Å². The summed E-state index contributed by atoms with van der Waals surface area (Å²) in [5.41, 5.74) is 2.73. The zero-order valence-electron chi connectivity index (χ0n) is 13.6. The third kappa shape index (κ3) is 3.18. The van der Waals surface area contributed by atoms with Gasteiger partial charge in [0.15, 0.2) is 0 Å². The Morgan fingerprint density at radius 3 is 2.73 bits per heavy atom. The molecule has 1 fully saturated rings. The maximum Gasteiger partial charge on any atom is 0.253 e. The molecule has 2 aliphatic rings. The Balaban J connectivity index is 1.72. The van der Waals surface area contributed by atoms with Gasteiger partial charge in [-0.2, -0.15) is 0 Å². The number of benzene rings is 1. The Labute approximate surface area is 132 Å². The van der Waals surface area contributed by atoms with Crippen molar-refractivity contribution in [1.29, 1.82) is 0 Å². The number of rotatable bonds is 3. The molecule has 1 N–H and O–H groups in total. The van der Waals surface area contributed by atoms with E-state index in [9.17, 15) is 9.90 Å². The predicted molar refractivity (Wildman–Crippen MR) is 87.1 cm³/mol. The molecule has 4 heteroatoms. The Bertz CT molecular complexity index is 570. The van der Waals surface area contributed by atoms with E-state index in [-0.39, 0.29) is 5.91 Å². The highest BCUT2D eigenvalue weighted by Gasteiger charge is 2.38. The first kappa shape index (κ1) is 15.5. The molecule has 1 aliphatic heterocycles. The average Bonchev–Trinajstić information content (AvgIpc) is 2.87. The molecule has 4 nitrogen and oxygen atoms in total. The zero-order valence-corrected chi connectivity index (χ0v) is 13.6. The molecule has 120 valence electrons. The molecule has 0 spiro atoms. The normalized spacial score (nSPS) is 24.6. The number of likely N-dealkylation sites (tertiary alicyclic amines) is 1. The van der Waals surface area contributed by atoms with Crippen molar-refractivity contribution in [2.75, 3.05) is 33.7 Å². The van der Waals surface area contributed by atoms with Gasteiger partial charge in [0.25, 0.3) is 5.91 Å². The Morgan fingerprint density at radius 1 is 1.27 bits per heavy atom. The highest BCUT2D eigenvalue weighted by Crippen LogP contribution is 2.26. The number of fused-ring (bicyclic) bond motifs is 1. The van der Waals surface area contributed by atoms with Gasteiger partial charge in [-0.25, -0.2) is 0 Å². The topological polar surface area (TPSA) is 43.8 Å². The molecule has 0 radical (unpaired) electrons. The Morgan fingerprint density at radius 2 is 2.00 bits per heavy atom. The molecule has 1 heterocycles. The van der Waals surface area contributed by atoms with E-state index >= 15 is 0 Å². The molecule has 22 heavy (non-hydrogen) atoms. The second-order valence-electron chi connectivity index (χ2n) is 7.13. The molecule has 1 aliphatic carbocycles. The summed E-state index contributed by atoms with van der Waals surface area (Å²) in [6.07, 6.45) is 5.35. The van der Waals surface area contributed by atoms with E-state index in [1.165, 1.54) is 24.0 Å². The number of nitrogens with zero attached hydrogens (tertiary/aromatic N) is 2. The van der Waals surface area contributed by atoms with Crippen LogP contribution in [0.2, 0.25) is 0 Å². The lowest BCUT2D eigenvalue weighted by Gasteiger charge is -2.26. The lowest BCUT2D eigenvalue weighted by molar-refractivity contribution is 0.0236. The minimum Gasteiger partial charge on any atom is -0.387 e. The largest absolute Gasteiger partial charge is 0.387 e. The van der Waals surface area contributed by atoms with Gasteiger partial charge < -0.3 is 14.9 Å². The second-order valence-corrected chi connectivity index (χ2v) is 7.13. The van der Waals surface area contributed by atoms with Crippen LogP contribution in [0.15, 0.2) is 18.2 Å². The fraction of sp³-hybridized carbons (Fsp3) is 0.611. The SMILES string of the molecule is CN(C)C[C@@]1(O)CCN(C(=O)c2ccc3c(c2)CCCC3)C1. The highest BCUT2D eigenvalue weighted by molar-refractivity contribution is 5.94. The van der Waals surface area contributed by atoms with E-state index in [0.29, 0.717) is 26.1 Å². The van der Waals surface area contributed by atoms with Crippen molar-refractivity contribution in [3.63, 3.8) is 0 Å². The van der Waals surface area contributed by atoms with Gasteiger partial charge in [0.05, 0.1) is 12.1 Å². The number of hydrogen-bond acceptors (Lipinski definition) is 3. The number of amides is 1. The summed E-state index contributed by atoms with van der Waals surface area (Å²) < 4.78 is 0. The van der Waals surface area contributed by atoms with Crippen LogP contribution >= 0.6 is 0 Å². The number of carbonyl (C=O) groups excluding carboxylic acids is 1. The minimum absolute atomic E-state index is 0.0584. The van der Waals surface area contributed by atoms with E-state index in [4.69, 9.17) is 0 Å².